The summed E-state index contributed by atoms with van der Waals surface area (Å²) in [4.78, 5) is 0.0807. The molecule has 0 bridgehead atoms. The van der Waals surface area contributed by atoms with Gasteiger partial charge in [0.1, 0.15) is 10.6 Å². The van der Waals surface area contributed by atoms with Gasteiger partial charge in [-0.3, -0.25) is 0 Å². The lowest BCUT2D eigenvalue weighted by Gasteiger charge is -2.14. The minimum Gasteiger partial charge on any atom is -0.495 e. The van der Waals surface area contributed by atoms with E-state index in [0.29, 0.717) is 22.6 Å². The predicted molar refractivity (Wildman–Crippen MR) is 86.9 cm³/mol. The van der Waals surface area contributed by atoms with Gasteiger partial charge < -0.3 is 10.5 Å². The van der Waals surface area contributed by atoms with E-state index in [1.54, 1.807) is 6.07 Å². The van der Waals surface area contributed by atoms with Crippen molar-refractivity contribution >= 4 is 31.6 Å². The Morgan fingerprint density at radius 1 is 1.38 bits per heavy atom. The maximum Gasteiger partial charge on any atom is 0.244 e. The van der Waals surface area contributed by atoms with Crippen LogP contribution < -0.4 is 15.2 Å². The second-order valence-corrected chi connectivity index (χ2v) is 7.95. The number of halogens is 1. The van der Waals surface area contributed by atoms with Gasteiger partial charge in [-0.2, -0.15) is 0 Å². The van der Waals surface area contributed by atoms with Gasteiger partial charge in [-0.1, -0.05) is 25.7 Å². The van der Waals surface area contributed by atoms with Gasteiger partial charge in [0.25, 0.3) is 0 Å². The molecular formula is C14H21BrN2O3S. The molecule has 0 radical (unpaired) electrons. The summed E-state index contributed by atoms with van der Waals surface area (Å²) in [5.41, 5.74) is 6.14. The summed E-state index contributed by atoms with van der Waals surface area (Å²) in [6.45, 7) is 0.451. The molecule has 118 valence electrons. The summed E-state index contributed by atoms with van der Waals surface area (Å²) in [6, 6.07) is 2.99. The van der Waals surface area contributed by atoms with Crippen LogP contribution in [0.5, 0.6) is 5.75 Å². The predicted octanol–water partition coefficient (Wildman–Crippen LogP) is 2.90. The number of hydrogen-bond donors (Lipinski definition) is 2. The topological polar surface area (TPSA) is 81.4 Å². The lowest BCUT2D eigenvalue weighted by atomic mass is 10.1. The summed E-state index contributed by atoms with van der Waals surface area (Å²) in [7, 11) is -2.17. The van der Waals surface area contributed by atoms with E-state index in [2.05, 4.69) is 20.7 Å². The van der Waals surface area contributed by atoms with Crippen LogP contribution in [-0.2, 0) is 10.0 Å². The highest BCUT2D eigenvalue weighted by molar-refractivity contribution is 9.10. The SMILES string of the molecule is COc1cc(Br)c(N)cc1S(=O)(=O)NCCC1CCCC1. The van der Waals surface area contributed by atoms with E-state index >= 15 is 0 Å². The molecule has 0 aliphatic heterocycles. The molecule has 5 nitrogen and oxygen atoms in total. The van der Waals surface area contributed by atoms with Crippen LogP contribution in [0, 0.1) is 5.92 Å². The molecule has 0 aromatic heterocycles. The Hall–Kier alpha value is -0.790. The number of sulfonamides is 1. The molecule has 0 saturated heterocycles. The second kappa shape index (κ2) is 6.98. The Bertz CT molecular complexity index is 598. The van der Waals surface area contributed by atoms with Gasteiger partial charge in [0.2, 0.25) is 10.0 Å². The molecule has 1 aliphatic carbocycles. The number of nitrogen functional groups attached to an aromatic ring is 1. The average Bonchev–Trinajstić information content (AvgIpc) is 2.94. The summed E-state index contributed by atoms with van der Waals surface area (Å²) in [6.07, 6.45) is 5.81. The van der Waals surface area contributed by atoms with E-state index in [9.17, 15) is 8.42 Å². The first-order valence-electron chi connectivity index (χ1n) is 7.06. The van der Waals surface area contributed by atoms with Crippen LogP contribution in [0.1, 0.15) is 32.1 Å². The third-order valence-electron chi connectivity index (χ3n) is 3.89. The number of methoxy groups -OCH3 is 1. The van der Waals surface area contributed by atoms with E-state index in [1.165, 1.54) is 38.9 Å². The Kier molecular flexibility index (Phi) is 5.51. The van der Waals surface area contributed by atoms with Crippen molar-refractivity contribution in [1.82, 2.24) is 4.72 Å². The van der Waals surface area contributed by atoms with Gasteiger partial charge in [0, 0.05) is 16.7 Å². The Morgan fingerprint density at radius 2 is 2.05 bits per heavy atom. The molecule has 1 aromatic carbocycles. The molecule has 1 fully saturated rings. The van der Waals surface area contributed by atoms with E-state index in [-0.39, 0.29) is 10.6 Å². The van der Waals surface area contributed by atoms with Crippen molar-refractivity contribution in [2.75, 3.05) is 19.4 Å². The van der Waals surface area contributed by atoms with Crippen LogP contribution in [-0.4, -0.2) is 22.1 Å². The van der Waals surface area contributed by atoms with Crippen LogP contribution in [0.2, 0.25) is 0 Å². The van der Waals surface area contributed by atoms with Crippen molar-refractivity contribution in [2.24, 2.45) is 5.92 Å². The molecule has 0 heterocycles. The number of hydrogen-bond acceptors (Lipinski definition) is 4. The fourth-order valence-electron chi connectivity index (χ4n) is 2.69. The molecule has 0 unspecified atom stereocenters. The number of rotatable bonds is 6. The highest BCUT2D eigenvalue weighted by Gasteiger charge is 2.22. The van der Waals surface area contributed by atoms with Gasteiger partial charge in [-0.25, -0.2) is 13.1 Å². The van der Waals surface area contributed by atoms with Crippen LogP contribution in [0.15, 0.2) is 21.5 Å². The Labute approximate surface area is 134 Å². The van der Waals surface area contributed by atoms with E-state index in [0.717, 1.165) is 6.42 Å². The highest BCUT2D eigenvalue weighted by Crippen LogP contribution is 2.32. The number of benzene rings is 1. The van der Waals surface area contributed by atoms with E-state index in [4.69, 9.17) is 10.5 Å². The maximum absolute atomic E-state index is 12.4. The van der Waals surface area contributed by atoms with Gasteiger partial charge >= 0.3 is 0 Å². The standard InChI is InChI=1S/C14H21BrN2O3S/c1-20-13-8-11(15)12(16)9-14(13)21(18,19)17-7-6-10-4-2-3-5-10/h8-10,17H,2-7,16H2,1H3. The minimum absolute atomic E-state index is 0.0807. The molecule has 0 atom stereocenters. The zero-order valence-electron chi connectivity index (χ0n) is 12.1. The Morgan fingerprint density at radius 3 is 2.67 bits per heavy atom. The van der Waals surface area contributed by atoms with Crippen LogP contribution in [0.4, 0.5) is 5.69 Å². The van der Waals surface area contributed by atoms with Crippen LogP contribution in [0.3, 0.4) is 0 Å². The number of ether oxygens (including phenoxy) is 1. The summed E-state index contributed by atoms with van der Waals surface area (Å²) < 4.78 is 33.2. The minimum atomic E-state index is -3.61. The van der Waals surface area contributed by atoms with E-state index < -0.39 is 10.0 Å². The molecule has 7 heteroatoms. The normalized spacial score (nSPS) is 16.3. The third kappa shape index (κ3) is 4.11. The largest absolute Gasteiger partial charge is 0.495 e. The maximum atomic E-state index is 12.4. The van der Waals surface area contributed by atoms with Crippen molar-refractivity contribution in [3.05, 3.63) is 16.6 Å². The summed E-state index contributed by atoms with van der Waals surface area (Å²) >= 11 is 3.26. The van der Waals surface area contributed by atoms with Crippen LogP contribution >= 0.6 is 15.9 Å². The summed E-state index contributed by atoms with van der Waals surface area (Å²) in [5.74, 6) is 0.925. The molecule has 1 aliphatic rings. The highest BCUT2D eigenvalue weighted by atomic mass is 79.9. The number of anilines is 1. The molecule has 1 saturated carbocycles. The van der Waals surface area contributed by atoms with Crippen molar-refractivity contribution < 1.29 is 13.2 Å². The first kappa shape index (κ1) is 16.6. The van der Waals surface area contributed by atoms with Crippen molar-refractivity contribution in [1.29, 1.82) is 0 Å². The first-order chi connectivity index (χ1) is 9.94. The molecule has 21 heavy (non-hydrogen) atoms. The lowest BCUT2D eigenvalue weighted by molar-refractivity contribution is 0.402. The fourth-order valence-corrected chi connectivity index (χ4v) is 4.25. The molecule has 1 aromatic rings. The van der Waals surface area contributed by atoms with Crippen LogP contribution in [0.25, 0.3) is 0 Å². The van der Waals surface area contributed by atoms with Gasteiger partial charge in [0.15, 0.2) is 0 Å². The number of nitrogens with two attached hydrogens (primary N) is 1. The first-order valence-corrected chi connectivity index (χ1v) is 9.34. The monoisotopic (exact) mass is 376 g/mol. The zero-order chi connectivity index (χ0) is 15.5. The van der Waals surface area contributed by atoms with Gasteiger partial charge in [-0.15, -0.1) is 0 Å². The van der Waals surface area contributed by atoms with Crippen molar-refractivity contribution in [3.8, 4) is 5.75 Å². The Balaban J connectivity index is 2.09. The molecule has 3 N–H and O–H groups in total. The van der Waals surface area contributed by atoms with Gasteiger partial charge in [0.05, 0.1) is 7.11 Å². The lowest BCUT2D eigenvalue weighted by Crippen LogP contribution is -2.26. The smallest absolute Gasteiger partial charge is 0.244 e. The second-order valence-electron chi connectivity index (χ2n) is 5.36. The zero-order valence-corrected chi connectivity index (χ0v) is 14.5. The summed E-state index contributed by atoms with van der Waals surface area (Å²) in [5, 5.41) is 0. The van der Waals surface area contributed by atoms with Crippen molar-refractivity contribution in [2.45, 2.75) is 37.0 Å². The number of nitrogens with one attached hydrogen (secondary N) is 1. The molecular weight excluding hydrogens is 356 g/mol. The van der Waals surface area contributed by atoms with Crippen molar-refractivity contribution in [3.63, 3.8) is 0 Å². The molecule has 2 rings (SSSR count). The average molecular weight is 377 g/mol. The van der Waals surface area contributed by atoms with Gasteiger partial charge in [-0.05, 0) is 40.4 Å². The third-order valence-corrected chi connectivity index (χ3v) is 6.06. The van der Waals surface area contributed by atoms with E-state index in [1.807, 2.05) is 0 Å². The fraction of sp³-hybridized carbons (Fsp3) is 0.571. The molecule has 0 amide bonds. The quantitative estimate of drug-likeness (QED) is 0.747. The molecule has 0 spiro atoms.